The first-order valence-electron chi connectivity index (χ1n) is 12.1. The van der Waals surface area contributed by atoms with Gasteiger partial charge in [-0.3, -0.25) is 4.79 Å². The highest BCUT2D eigenvalue weighted by Crippen LogP contribution is 2.58. The Hall–Kier alpha value is -3.46. The fourth-order valence-electron chi connectivity index (χ4n) is 5.45. The van der Waals surface area contributed by atoms with Crippen molar-refractivity contribution in [1.82, 2.24) is 24.7 Å². The molecule has 2 aliphatic heterocycles. The van der Waals surface area contributed by atoms with Gasteiger partial charge in [-0.1, -0.05) is 0 Å². The van der Waals surface area contributed by atoms with Crippen LogP contribution in [0.15, 0.2) is 37.1 Å². The topological polar surface area (TPSA) is 117 Å². The third-order valence-corrected chi connectivity index (χ3v) is 7.50. The highest BCUT2D eigenvalue weighted by Gasteiger charge is 2.61. The van der Waals surface area contributed by atoms with Gasteiger partial charge in [0.05, 0.1) is 29.6 Å². The van der Waals surface area contributed by atoms with Crippen LogP contribution in [0.3, 0.4) is 0 Å². The second kappa shape index (κ2) is 7.78. The molecule has 3 N–H and O–H groups in total. The van der Waals surface area contributed by atoms with E-state index < -0.39 is 0 Å². The quantitative estimate of drug-likeness (QED) is 0.540. The van der Waals surface area contributed by atoms with Crippen LogP contribution in [0.4, 0.5) is 0 Å². The summed E-state index contributed by atoms with van der Waals surface area (Å²) in [5, 5.41) is 2.86. The van der Waals surface area contributed by atoms with E-state index >= 15 is 0 Å². The molecule has 4 fully saturated rings. The second-order valence-corrected chi connectivity index (χ2v) is 10.6. The van der Waals surface area contributed by atoms with Crippen LogP contribution in [0, 0.1) is 12.8 Å². The molecule has 2 bridgehead atoms. The fourth-order valence-corrected chi connectivity index (χ4v) is 5.45. The lowest BCUT2D eigenvalue weighted by Gasteiger charge is -2.41. The Bertz CT molecular complexity index is 1340. The molecule has 0 aromatic carbocycles. The maximum absolute atomic E-state index is 13.5. The van der Waals surface area contributed by atoms with E-state index in [1.165, 1.54) is 6.20 Å². The van der Waals surface area contributed by atoms with Gasteiger partial charge in [0, 0.05) is 42.5 Å². The van der Waals surface area contributed by atoms with E-state index in [9.17, 15) is 4.79 Å². The Morgan fingerprint density at radius 2 is 2.06 bits per heavy atom. The summed E-state index contributed by atoms with van der Waals surface area (Å²) in [5.74, 6) is 1.02. The van der Waals surface area contributed by atoms with Crippen molar-refractivity contribution in [3.8, 4) is 5.75 Å². The van der Waals surface area contributed by atoms with Crippen LogP contribution in [0.5, 0.6) is 5.75 Å². The first-order chi connectivity index (χ1) is 16.8. The molecule has 2 saturated carbocycles. The summed E-state index contributed by atoms with van der Waals surface area (Å²) in [7, 11) is 0. The lowest BCUT2D eigenvalue weighted by atomic mass is 9.62. The largest absolute Gasteiger partial charge is 0.489 e. The minimum Gasteiger partial charge on any atom is -0.489 e. The van der Waals surface area contributed by atoms with Gasteiger partial charge in [0.1, 0.15) is 17.1 Å². The Morgan fingerprint density at radius 3 is 2.69 bits per heavy atom. The summed E-state index contributed by atoms with van der Waals surface area (Å²) in [5.41, 5.74) is 9.15. The van der Waals surface area contributed by atoms with Gasteiger partial charge in [-0.2, -0.15) is 0 Å². The number of hydrogen-bond donors (Lipinski definition) is 2. The number of rotatable bonds is 7. The smallest absolute Gasteiger partial charge is 0.261 e. The molecule has 2 saturated heterocycles. The van der Waals surface area contributed by atoms with Crippen LogP contribution < -0.4 is 15.8 Å². The maximum atomic E-state index is 13.5. The van der Waals surface area contributed by atoms with Gasteiger partial charge in [-0.25, -0.2) is 15.0 Å². The van der Waals surface area contributed by atoms with Gasteiger partial charge in [0.15, 0.2) is 5.82 Å². The van der Waals surface area contributed by atoms with E-state index in [0.29, 0.717) is 35.4 Å². The lowest BCUT2D eigenvalue weighted by Crippen LogP contribution is -2.45. The number of imidazole rings is 1. The van der Waals surface area contributed by atoms with Crippen LogP contribution in [0.2, 0.25) is 0 Å². The Morgan fingerprint density at radius 1 is 1.31 bits per heavy atom. The van der Waals surface area contributed by atoms with Crippen molar-refractivity contribution in [3.05, 3.63) is 59.7 Å². The third-order valence-electron chi connectivity index (χ3n) is 7.50. The van der Waals surface area contributed by atoms with Gasteiger partial charge < -0.3 is 24.9 Å². The summed E-state index contributed by atoms with van der Waals surface area (Å²) in [6, 6.07) is 1.86. The first-order valence-corrected chi connectivity index (χ1v) is 12.1. The molecule has 9 nitrogen and oxygen atoms in total. The number of hydrogen-bond acceptors (Lipinski definition) is 7. The zero-order chi connectivity index (χ0) is 24.4. The van der Waals surface area contributed by atoms with Crippen molar-refractivity contribution in [2.24, 2.45) is 11.7 Å². The van der Waals surface area contributed by atoms with E-state index in [-0.39, 0.29) is 23.0 Å². The summed E-state index contributed by atoms with van der Waals surface area (Å²) in [6.07, 6.45) is 12.7. The number of amides is 1. The standard InChI is InChI=1S/C26H30N6O3/c1-15-8-28-23(29-9-15)19(7-27)30-24(33)18-10-32-11-21(26-12-25(3,13-26)34-14-26)31-22(32)6-20(18)35-16(2)17-4-5-17/h6-11,16-17H,4-5,12-14,27H2,1-3H3,(H,30,33)/t16-,25?,26?/m0/s1. The molecule has 35 heavy (non-hydrogen) atoms. The highest BCUT2D eigenvalue weighted by molar-refractivity contribution is 6.01. The molecule has 0 radical (unpaired) electrons. The van der Waals surface area contributed by atoms with Gasteiger partial charge >= 0.3 is 0 Å². The third kappa shape index (κ3) is 3.83. The molecule has 1 atom stereocenters. The van der Waals surface area contributed by atoms with Gasteiger partial charge in [0.2, 0.25) is 0 Å². The van der Waals surface area contributed by atoms with Crippen LogP contribution in [0.1, 0.15) is 67.0 Å². The lowest BCUT2D eigenvalue weighted by molar-refractivity contribution is 0.0154. The molecule has 3 aromatic heterocycles. The summed E-state index contributed by atoms with van der Waals surface area (Å²) in [4.78, 5) is 26.9. The molecule has 1 amide bonds. The first kappa shape index (κ1) is 22.0. The van der Waals surface area contributed by atoms with Crippen LogP contribution in [0.25, 0.3) is 11.3 Å². The molecule has 2 aliphatic carbocycles. The number of nitrogens with two attached hydrogens (primary N) is 1. The van der Waals surface area contributed by atoms with Gasteiger partial charge in [-0.05, 0) is 57.9 Å². The zero-order valence-electron chi connectivity index (χ0n) is 20.2. The number of nitrogens with zero attached hydrogens (tertiary/aromatic N) is 4. The van der Waals surface area contributed by atoms with Gasteiger partial charge in [-0.15, -0.1) is 0 Å². The zero-order valence-corrected chi connectivity index (χ0v) is 20.2. The molecule has 9 heteroatoms. The van der Waals surface area contributed by atoms with Crippen LogP contribution >= 0.6 is 0 Å². The molecule has 7 rings (SSSR count). The summed E-state index contributed by atoms with van der Waals surface area (Å²) >= 11 is 0. The molecule has 4 aliphatic rings. The monoisotopic (exact) mass is 474 g/mol. The predicted molar refractivity (Wildman–Crippen MR) is 130 cm³/mol. The number of aryl methyl sites for hydroxylation is 1. The van der Waals surface area contributed by atoms with E-state index in [1.807, 2.05) is 23.6 Å². The highest BCUT2D eigenvalue weighted by atomic mass is 16.5. The van der Waals surface area contributed by atoms with Crippen molar-refractivity contribution in [2.75, 3.05) is 6.61 Å². The van der Waals surface area contributed by atoms with E-state index in [1.54, 1.807) is 18.6 Å². The van der Waals surface area contributed by atoms with E-state index in [2.05, 4.69) is 29.1 Å². The van der Waals surface area contributed by atoms with Crippen molar-refractivity contribution >= 4 is 17.3 Å². The molecule has 0 unspecified atom stereocenters. The number of carbonyl (C=O) groups is 1. The van der Waals surface area contributed by atoms with Crippen molar-refractivity contribution in [1.29, 1.82) is 0 Å². The average molecular weight is 475 g/mol. The second-order valence-electron chi connectivity index (χ2n) is 10.6. The molecule has 5 heterocycles. The Balaban J connectivity index is 1.34. The fraction of sp³-hybridized carbons (Fsp3) is 0.462. The number of ether oxygens (including phenoxy) is 2. The number of aromatic nitrogens is 4. The van der Waals surface area contributed by atoms with E-state index in [4.69, 9.17) is 20.2 Å². The number of fused-ring (bicyclic) bond motifs is 2. The normalized spacial score (nSPS) is 26.4. The molecule has 3 aromatic rings. The minimum atomic E-state index is -0.348. The number of nitrogens with one attached hydrogen (secondary N) is 1. The predicted octanol–water partition coefficient (Wildman–Crippen LogP) is 3.12. The van der Waals surface area contributed by atoms with Crippen LogP contribution in [-0.4, -0.2) is 43.6 Å². The Labute approximate surface area is 203 Å². The summed E-state index contributed by atoms with van der Waals surface area (Å²) in [6.45, 7) is 6.79. The van der Waals surface area contributed by atoms with Crippen LogP contribution in [-0.2, 0) is 10.2 Å². The number of carbonyl (C=O) groups excluding carboxylic acids is 1. The molecular formula is C26H30N6O3. The Kier molecular flexibility index (Phi) is 4.90. The summed E-state index contributed by atoms with van der Waals surface area (Å²) < 4.78 is 14.2. The van der Waals surface area contributed by atoms with Gasteiger partial charge in [0.25, 0.3) is 5.91 Å². The maximum Gasteiger partial charge on any atom is 0.261 e. The number of pyridine rings is 1. The van der Waals surface area contributed by atoms with E-state index in [0.717, 1.165) is 42.6 Å². The SMILES string of the molecule is Cc1cnc(C(=CN)NC(=O)c2cn3cc(C45COC(C)(C4)C5)nc3cc2O[C@@H](C)C2CC2)nc1. The van der Waals surface area contributed by atoms with Crippen molar-refractivity contribution < 1.29 is 14.3 Å². The molecular weight excluding hydrogens is 444 g/mol. The average Bonchev–Trinajstić information content (AvgIpc) is 3.39. The molecule has 0 spiro atoms. The van der Waals surface area contributed by atoms with Crippen molar-refractivity contribution in [3.63, 3.8) is 0 Å². The van der Waals surface area contributed by atoms with Crippen molar-refractivity contribution in [2.45, 2.75) is 63.6 Å². The molecule has 182 valence electrons. The minimum absolute atomic E-state index is 0.0116.